The molecule has 1 N–H and O–H groups in total. The lowest BCUT2D eigenvalue weighted by molar-refractivity contribution is -0.384. The fourth-order valence-electron chi connectivity index (χ4n) is 1.63. The van der Waals surface area contributed by atoms with Gasteiger partial charge in [0.1, 0.15) is 6.07 Å². The molecule has 90 valence electrons. The third kappa shape index (κ3) is 3.45. The van der Waals surface area contributed by atoms with E-state index in [1.165, 1.54) is 12.1 Å². The highest BCUT2D eigenvalue weighted by Gasteiger charge is 2.11. The molecule has 0 saturated carbocycles. The number of hydrogen-bond donors (Lipinski definition) is 1. The molecule has 0 unspecified atom stereocenters. The van der Waals surface area contributed by atoms with Crippen LogP contribution in [0.25, 0.3) is 0 Å². The maximum absolute atomic E-state index is 10.6. The van der Waals surface area contributed by atoms with Crippen LogP contribution in [0, 0.1) is 21.4 Å². The minimum atomic E-state index is -0.500. The number of non-ortho nitro benzene ring substituents is 1. The standard InChI is InChI=1S/C12H15N3O2/c1-3-4-9(2)14-12-6-5-11(15(16)17)7-10(12)8-13/h5-7,9,14H,3-4H2,1-2H3/t9-/m1/s1. The van der Waals surface area contributed by atoms with Gasteiger partial charge in [0, 0.05) is 18.2 Å². The SMILES string of the molecule is CCC[C@@H](C)Nc1ccc([N+](=O)[O-])cc1C#N. The number of nitrogens with zero attached hydrogens (tertiary/aromatic N) is 2. The number of benzene rings is 1. The van der Waals surface area contributed by atoms with Crippen molar-refractivity contribution in [1.82, 2.24) is 0 Å². The first-order valence-electron chi connectivity index (χ1n) is 5.53. The first-order chi connectivity index (χ1) is 8.08. The normalized spacial score (nSPS) is 11.6. The fourth-order valence-corrected chi connectivity index (χ4v) is 1.63. The number of anilines is 1. The van der Waals surface area contributed by atoms with E-state index in [0.717, 1.165) is 12.8 Å². The maximum Gasteiger partial charge on any atom is 0.270 e. The van der Waals surface area contributed by atoms with E-state index in [1.54, 1.807) is 6.07 Å². The molecule has 0 radical (unpaired) electrons. The Morgan fingerprint density at radius 3 is 2.82 bits per heavy atom. The molecule has 0 bridgehead atoms. The Balaban J connectivity index is 2.94. The van der Waals surface area contributed by atoms with Crippen LogP contribution in [0.1, 0.15) is 32.3 Å². The fraction of sp³-hybridized carbons (Fsp3) is 0.417. The van der Waals surface area contributed by atoms with Crippen molar-refractivity contribution in [3.63, 3.8) is 0 Å². The number of rotatable bonds is 5. The van der Waals surface area contributed by atoms with Gasteiger partial charge in [-0.05, 0) is 19.4 Å². The second-order valence-electron chi connectivity index (χ2n) is 3.93. The highest BCUT2D eigenvalue weighted by Crippen LogP contribution is 2.22. The Morgan fingerprint density at radius 1 is 1.59 bits per heavy atom. The van der Waals surface area contributed by atoms with E-state index < -0.39 is 4.92 Å². The third-order valence-electron chi connectivity index (χ3n) is 2.46. The molecule has 0 fully saturated rings. The summed E-state index contributed by atoms with van der Waals surface area (Å²) in [6, 6.07) is 6.50. The summed E-state index contributed by atoms with van der Waals surface area (Å²) in [7, 11) is 0. The molecular formula is C12H15N3O2. The van der Waals surface area contributed by atoms with Crippen LogP contribution in [0.15, 0.2) is 18.2 Å². The van der Waals surface area contributed by atoms with Gasteiger partial charge in [0.2, 0.25) is 0 Å². The third-order valence-corrected chi connectivity index (χ3v) is 2.46. The molecule has 0 spiro atoms. The predicted molar refractivity (Wildman–Crippen MR) is 65.8 cm³/mol. The van der Waals surface area contributed by atoms with Crippen molar-refractivity contribution in [1.29, 1.82) is 5.26 Å². The summed E-state index contributed by atoms with van der Waals surface area (Å²) < 4.78 is 0. The van der Waals surface area contributed by atoms with E-state index in [1.807, 2.05) is 13.0 Å². The predicted octanol–water partition coefficient (Wildman–Crippen LogP) is 3.07. The monoisotopic (exact) mass is 233 g/mol. The average Bonchev–Trinajstić information content (AvgIpc) is 2.29. The molecule has 5 heteroatoms. The van der Waals surface area contributed by atoms with E-state index in [2.05, 4.69) is 12.2 Å². The van der Waals surface area contributed by atoms with Gasteiger partial charge in [0.25, 0.3) is 5.69 Å². The van der Waals surface area contributed by atoms with Gasteiger partial charge in [-0.2, -0.15) is 5.26 Å². The van der Waals surface area contributed by atoms with Crippen LogP contribution < -0.4 is 5.32 Å². The number of nitro benzene ring substituents is 1. The highest BCUT2D eigenvalue weighted by atomic mass is 16.6. The largest absolute Gasteiger partial charge is 0.382 e. The van der Waals surface area contributed by atoms with E-state index in [9.17, 15) is 10.1 Å². The lowest BCUT2D eigenvalue weighted by Crippen LogP contribution is -2.15. The molecule has 0 aliphatic rings. The van der Waals surface area contributed by atoms with Crippen molar-refractivity contribution in [2.45, 2.75) is 32.7 Å². The van der Waals surface area contributed by atoms with Crippen LogP contribution in [-0.2, 0) is 0 Å². The smallest absolute Gasteiger partial charge is 0.270 e. The molecule has 0 heterocycles. The van der Waals surface area contributed by atoms with Crippen molar-refractivity contribution in [3.8, 4) is 6.07 Å². The Labute approximate surface area is 100 Å². The van der Waals surface area contributed by atoms with E-state index >= 15 is 0 Å². The summed E-state index contributed by atoms with van der Waals surface area (Å²) in [4.78, 5) is 10.1. The van der Waals surface area contributed by atoms with Gasteiger partial charge < -0.3 is 5.32 Å². The molecule has 17 heavy (non-hydrogen) atoms. The summed E-state index contributed by atoms with van der Waals surface area (Å²) in [5.41, 5.74) is 0.899. The van der Waals surface area contributed by atoms with Crippen LogP contribution in [-0.4, -0.2) is 11.0 Å². The molecule has 0 aliphatic carbocycles. The Hall–Kier alpha value is -2.09. The maximum atomic E-state index is 10.6. The molecule has 0 aliphatic heterocycles. The Kier molecular flexibility index (Phi) is 4.46. The highest BCUT2D eigenvalue weighted by molar-refractivity contribution is 5.61. The number of nitriles is 1. The summed E-state index contributed by atoms with van der Waals surface area (Å²) >= 11 is 0. The van der Waals surface area contributed by atoms with Gasteiger partial charge in [0.15, 0.2) is 0 Å². The zero-order chi connectivity index (χ0) is 12.8. The van der Waals surface area contributed by atoms with E-state index in [-0.39, 0.29) is 11.7 Å². The number of hydrogen-bond acceptors (Lipinski definition) is 4. The topological polar surface area (TPSA) is 79.0 Å². The second-order valence-corrected chi connectivity index (χ2v) is 3.93. The molecule has 1 rings (SSSR count). The molecule has 0 amide bonds. The first-order valence-corrected chi connectivity index (χ1v) is 5.53. The number of nitrogens with one attached hydrogen (secondary N) is 1. The summed E-state index contributed by atoms with van der Waals surface area (Å²) in [5, 5.41) is 22.7. The minimum Gasteiger partial charge on any atom is -0.382 e. The first kappa shape index (κ1) is 13.0. The van der Waals surface area contributed by atoms with Crippen LogP contribution in [0.3, 0.4) is 0 Å². The molecule has 1 aromatic rings. The van der Waals surface area contributed by atoms with Crippen molar-refractivity contribution in [3.05, 3.63) is 33.9 Å². The average molecular weight is 233 g/mol. The molecule has 5 nitrogen and oxygen atoms in total. The second kappa shape index (κ2) is 5.85. The Bertz CT molecular complexity index is 452. The van der Waals surface area contributed by atoms with Crippen molar-refractivity contribution >= 4 is 11.4 Å². The van der Waals surface area contributed by atoms with Crippen molar-refractivity contribution < 1.29 is 4.92 Å². The van der Waals surface area contributed by atoms with Gasteiger partial charge in [-0.1, -0.05) is 13.3 Å². The van der Waals surface area contributed by atoms with Gasteiger partial charge in [0.05, 0.1) is 16.2 Å². The van der Waals surface area contributed by atoms with E-state index in [0.29, 0.717) is 11.3 Å². The lowest BCUT2D eigenvalue weighted by Gasteiger charge is -2.15. The van der Waals surface area contributed by atoms with Crippen LogP contribution >= 0.6 is 0 Å². The molecular weight excluding hydrogens is 218 g/mol. The summed E-state index contributed by atoms with van der Waals surface area (Å²) in [6.07, 6.45) is 2.03. The lowest BCUT2D eigenvalue weighted by atomic mass is 10.1. The van der Waals surface area contributed by atoms with Gasteiger partial charge in [-0.15, -0.1) is 0 Å². The number of nitro groups is 1. The van der Waals surface area contributed by atoms with Gasteiger partial charge in [-0.3, -0.25) is 10.1 Å². The van der Waals surface area contributed by atoms with Gasteiger partial charge in [-0.25, -0.2) is 0 Å². The van der Waals surface area contributed by atoms with Crippen molar-refractivity contribution in [2.24, 2.45) is 0 Å². The Morgan fingerprint density at radius 2 is 2.29 bits per heavy atom. The summed E-state index contributed by atoms with van der Waals surface area (Å²) in [6.45, 7) is 4.10. The van der Waals surface area contributed by atoms with Crippen LogP contribution in [0.5, 0.6) is 0 Å². The van der Waals surface area contributed by atoms with E-state index in [4.69, 9.17) is 5.26 Å². The van der Waals surface area contributed by atoms with Gasteiger partial charge >= 0.3 is 0 Å². The van der Waals surface area contributed by atoms with Crippen molar-refractivity contribution in [2.75, 3.05) is 5.32 Å². The molecule has 1 atom stereocenters. The minimum absolute atomic E-state index is 0.0600. The molecule has 0 saturated heterocycles. The van der Waals surface area contributed by atoms with Crippen LogP contribution in [0.2, 0.25) is 0 Å². The molecule has 1 aromatic carbocycles. The molecule has 0 aromatic heterocycles. The zero-order valence-corrected chi connectivity index (χ0v) is 9.93. The summed E-state index contributed by atoms with van der Waals surface area (Å²) in [5.74, 6) is 0. The van der Waals surface area contributed by atoms with Crippen LogP contribution in [0.4, 0.5) is 11.4 Å². The quantitative estimate of drug-likeness (QED) is 0.626. The zero-order valence-electron chi connectivity index (χ0n) is 9.93.